The van der Waals surface area contributed by atoms with Crippen LogP contribution in [0.3, 0.4) is 0 Å². The Morgan fingerprint density at radius 3 is 2.31 bits per heavy atom. The van der Waals surface area contributed by atoms with Gasteiger partial charge in [-0.1, -0.05) is 63.0 Å². The van der Waals surface area contributed by atoms with Crippen LogP contribution in [0.4, 0.5) is 0 Å². The van der Waals surface area contributed by atoms with Gasteiger partial charge in [-0.05, 0) is 25.8 Å². The van der Waals surface area contributed by atoms with E-state index >= 15 is 0 Å². The van der Waals surface area contributed by atoms with E-state index in [0.29, 0.717) is 0 Å². The average Bonchev–Trinajstić information content (AvgIpc) is 2.25. The van der Waals surface area contributed by atoms with Crippen molar-refractivity contribution in [3.63, 3.8) is 0 Å². The molecule has 16 heavy (non-hydrogen) atoms. The van der Waals surface area contributed by atoms with E-state index in [2.05, 4.69) is 13.0 Å². The third-order valence-electron chi connectivity index (χ3n) is 2.27. The highest BCUT2D eigenvalue weighted by Gasteiger charge is 1.85. The third-order valence-corrected chi connectivity index (χ3v) is 2.27. The second-order valence-electron chi connectivity index (χ2n) is 3.99. The van der Waals surface area contributed by atoms with Crippen molar-refractivity contribution in [2.45, 2.75) is 52.4 Å². The number of unbranched alkanes of at least 4 members (excludes halogenated alkanes) is 5. The molecule has 0 aliphatic heterocycles. The molecule has 0 aromatic heterocycles. The molecular weight excluding hydrogens is 196 g/mol. The molecule has 0 rings (SSSR count). The summed E-state index contributed by atoms with van der Waals surface area (Å²) in [5.41, 5.74) is 0. The SMILES string of the molecule is CCCCCCC/C=C/C=C/C=C/C(C)=O. The molecule has 0 aromatic rings. The van der Waals surface area contributed by atoms with Gasteiger partial charge in [0.25, 0.3) is 0 Å². The van der Waals surface area contributed by atoms with Gasteiger partial charge < -0.3 is 0 Å². The van der Waals surface area contributed by atoms with Crippen molar-refractivity contribution in [3.8, 4) is 0 Å². The minimum absolute atomic E-state index is 0.0875. The number of hydrogen-bond donors (Lipinski definition) is 0. The summed E-state index contributed by atoms with van der Waals surface area (Å²) in [6, 6.07) is 0. The Hall–Kier alpha value is -1.11. The zero-order valence-electron chi connectivity index (χ0n) is 10.6. The Labute approximate surface area is 99.9 Å². The van der Waals surface area contributed by atoms with Crippen LogP contribution in [0.2, 0.25) is 0 Å². The molecule has 0 unspecified atom stereocenters. The van der Waals surface area contributed by atoms with E-state index in [-0.39, 0.29) is 5.78 Å². The highest BCUT2D eigenvalue weighted by atomic mass is 16.1. The predicted molar refractivity (Wildman–Crippen MR) is 71.5 cm³/mol. The predicted octanol–water partition coefficient (Wildman–Crippen LogP) is 4.60. The van der Waals surface area contributed by atoms with E-state index < -0.39 is 0 Å². The van der Waals surface area contributed by atoms with Crippen LogP contribution in [-0.4, -0.2) is 5.78 Å². The Balaban J connectivity index is 3.37. The highest BCUT2D eigenvalue weighted by Crippen LogP contribution is 2.05. The fraction of sp³-hybridized carbons (Fsp3) is 0.533. The molecule has 0 saturated carbocycles. The Kier molecular flexibility index (Phi) is 11.1. The largest absolute Gasteiger partial charge is 0.295 e. The van der Waals surface area contributed by atoms with E-state index in [1.165, 1.54) is 32.1 Å². The molecule has 0 atom stereocenters. The first-order valence-corrected chi connectivity index (χ1v) is 6.27. The van der Waals surface area contributed by atoms with Crippen LogP contribution >= 0.6 is 0 Å². The van der Waals surface area contributed by atoms with Crippen LogP contribution in [0.5, 0.6) is 0 Å². The first-order valence-electron chi connectivity index (χ1n) is 6.27. The van der Waals surface area contributed by atoms with Gasteiger partial charge >= 0.3 is 0 Å². The van der Waals surface area contributed by atoms with Crippen molar-refractivity contribution in [1.29, 1.82) is 0 Å². The molecule has 0 fully saturated rings. The van der Waals surface area contributed by atoms with Crippen molar-refractivity contribution >= 4 is 5.78 Å². The summed E-state index contributed by atoms with van der Waals surface area (Å²) in [4.78, 5) is 10.6. The zero-order chi connectivity index (χ0) is 12.1. The lowest BCUT2D eigenvalue weighted by Gasteiger charge is -1.95. The Morgan fingerprint density at radius 1 is 0.938 bits per heavy atom. The molecule has 1 heteroatoms. The summed E-state index contributed by atoms with van der Waals surface area (Å²) in [5, 5.41) is 0. The molecule has 0 aromatic carbocycles. The Bertz CT molecular complexity index is 246. The van der Waals surface area contributed by atoms with Gasteiger partial charge in [0, 0.05) is 0 Å². The summed E-state index contributed by atoms with van der Waals surface area (Å²) in [5.74, 6) is 0.0875. The van der Waals surface area contributed by atoms with E-state index in [9.17, 15) is 4.79 Å². The zero-order valence-corrected chi connectivity index (χ0v) is 10.6. The third kappa shape index (κ3) is 12.9. The fourth-order valence-corrected chi connectivity index (χ4v) is 1.36. The van der Waals surface area contributed by atoms with Crippen molar-refractivity contribution < 1.29 is 4.79 Å². The molecule has 0 saturated heterocycles. The maximum absolute atomic E-state index is 10.6. The van der Waals surface area contributed by atoms with Crippen LogP contribution in [-0.2, 0) is 4.79 Å². The molecule has 0 radical (unpaired) electrons. The number of allylic oxidation sites excluding steroid dienone is 6. The standard InChI is InChI=1S/C15H24O/c1-3-4-5-6-7-8-9-10-11-12-13-14-15(2)16/h9-14H,3-8H2,1-2H3/b10-9+,12-11+,14-13+. The maximum atomic E-state index is 10.6. The first kappa shape index (κ1) is 14.9. The van der Waals surface area contributed by atoms with Gasteiger partial charge in [0.05, 0.1) is 0 Å². The van der Waals surface area contributed by atoms with Crippen LogP contribution < -0.4 is 0 Å². The van der Waals surface area contributed by atoms with Gasteiger partial charge in [-0.2, -0.15) is 0 Å². The smallest absolute Gasteiger partial charge is 0.152 e. The second-order valence-corrected chi connectivity index (χ2v) is 3.99. The molecular formula is C15H24O. The molecule has 0 aliphatic rings. The monoisotopic (exact) mass is 220 g/mol. The molecule has 0 heterocycles. The summed E-state index contributed by atoms with van der Waals surface area (Å²) < 4.78 is 0. The van der Waals surface area contributed by atoms with Gasteiger partial charge in [-0.15, -0.1) is 0 Å². The van der Waals surface area contributed by atoms with Crippen LogP contribution in [0, 0.1) is 0 Å². The maximum Gasteiger partial charge on any atom is 0.152 e. The van der Waals surface area contributed by atoms with Gasteiger partial charge in [0.1, 0.15) is 0 Å². The molecule has 0 aliphatic carbocycles. The quantitative estimate of drug-likeness (QED) is 0.315. The van der Waals surface area contributed by atoms with Gasteiger partial charge in [-0.3, -0.25) is 4.79 Å². The van der Waals surface area contributed by atoms with Crippen molar-refractivity contribution in [2.24, 2.45) is 0 Å². The summed E-state index contributed by atoms with van der Waals surface area (Å²) in [6.45, 7) is 3.79. The van der Waals surface area contributed by atoms with Gasteiger partial charge in [-0.25, -0.2) is 0 Å². The topological polar surface area (TPSA) is 17.1 Å². The lowest BCUT2D eigenvalue weighted by Crippen LogP contribution is -1.77. The fourth-order valence-electron chi connectivity index (χ4n) is 1.36. The number of carbonyl (C=O) groups is 1. The summed E-state index contributed by atoms with van der Waals surface area (Å²) >= 11 is 0. The van der Waals surface area contributed by atoms with E-state index in [1.54, 1.807) is 19.1 Å². The van der Waals surface area contributed by atoms with Gasteiger partial charge in [0.15, 0.2) is 5.78 Å². The lowest BCUT2D eigenvalue weighted by molar-refractivity contribution is -0.112. The highest BCUT2D eigenvalue weighted by molar-refractivity contribution is 5.87. The minimum Gasteiger partial charge on any atom is -0.295 e. The normalized spacial score (nSPS) is 12.1. The number of hydrogen-bond acceptors (Lipinski definition) is 1. The first-order chi connectivity index (χ1) is 7.77. The number of carbonyl (C=O) groups excluding carboxylic acids is 1. The minimum atomic E-state index is 0.0875. The molecule has 0 spiro atoms. The molecule has 90 valence electrons. The van der Waals surface area contributed by atoms with Crippen LogP contribution in [0.15, 0.2) is 36.5 Å². The molecule has 0 bridgehead atoms. The number of rotatable bonds is 9. The van der Waals surface area contributed by atoms with E-state index in [1.807, 2.05) is 18.2 Å². The van der Waals surface area contributed by atoms with Crippen molar-refractivity contribution in [1.82, 2.24) is 0 Å². The van der Waals surface area contributed by atoms with E-state index in [0.717, 1.165) is 6.42 Å². The second kappa shape index (κ2) is 12.0. The molecule has 1 nitrogen and oxygen atoms in total. The lowest BCUT2D eigenvalue weighted by atomic mass is 10.1. The van der Waals surface area contributed by atoms with Crippen LogP contribution in [0.1, 0.15) is 52.4 Å². The Morgan fingerprint density at radius 2 is 1.62 bits per heavy atom. The summed E-state index contributed by atoms with van der Waals surface area (Å²) in [6.07, 6.45) is 19.2. The van der Waals surface area contributed by atoms with Crippen molar-refractivity contribution in [3.05, 3.63) is 36.5 Å². The van der Waals surface area contributed by atoms with E-state index in [4.69, 9.17) is 0 Å². The van der Waals surface area contributed by atoms with Crippen molar-refractivity contribution in [2.75, 3.05) is 0 Å². The van der Waals surface area contributed by atoms with Crippen LogP contribution in [0.25, 0.3) is 0 Å². The average molecular weight is 220 g/mol. The summed E-state index contributed by atoms with van der Waals surface area (Å²) in [7, 11) is 0. The van der Waals surface area contributed by atoms with Gasteiger partial charge in [0.2, 0.25) is 0 Å². The molecule has 0 amide bonds. The molecule has 0 N–H and O–H groups in total. The number of ketones is 1.